The molecule has 2 atom stereocenters. The molecule has 1 amide bonds. The third-order valence-electron chi connectivity index (χ3n) is 3.43. The smallest absolute Gasteiger partial charge is 0.307 e. The fraction of sp³-hybridized carbons (Fsp3) is 0.429. The molecule has 102 valence electrons. The number of benzene rings is 1. The summed E-state index contributed by atoms with van der Waals surface area (Å²) in [5.41, 5.74) is -0.0847. The molecule has 1 aliphatic rings. The van der Waals surface area contributed by atoms with Gasteiger partial charge in [0.1, 0.15) is 5.82 Å². The largest absolute Gasteiger partial charge is 0.481 e. The molecule has 4 nitrogen and oxygen atoms in total. The first kappa shape index (κ1) is 13.5. The molecule has 0 radical (unpaired) electrons. The minimum atomic E-state index is -0.941. The zero-order valence-corrected chi connectivity index (χ0v) is 10.8. The highest BCUT2D eigenvalue weighted by Gasteiger charge is 2.49. The summed E-state index contributed by atoms with van der Waals surface area (Å²) in [6.07, 6.45) is 0.375. The van der Waals surface area contributed by atoms with Gasteiger partial charge in [-0.1, -0.05) is 12.1 Å². The van der Waals surface area contributed by atoms with Crippen molar-refractivity contribution in [2.75, 3.05) is 0 Å². The van der Waals surface area contributed by atoms with Crippen LogP contribution < -0.4 is 5.32 Å². The predicted octanol–water partition coefficient (Wildman–Crippen LogP) is 1.90. The van der Waals surface area contributed by atoms with Gasteiger partial charge in [0.25, 0.3) is 0 Å². The van der Waals surface area contributed by atoms with Crippen molar-refractivity contribution in [2.45, 2.75) is 25.8 Å². The molecule has 0 heterocycles. The van der Waals surface area contributed by atoms with Gasteiger partial charge in [-0.3, -0.25) is 9.59 Å². The van der Waals surface area contributed by atoms with Gasteiger partial charge >= 0.3 is 5.97 Å². The van der Waals surface area contributed by atoms with Crippen LogP contribution in [0.2, 0.25) is 0 Å². The van der Waals surface area contributed by atoms with E-state index >= 15 is 0 Å². The summed E-state index contributed by atoms with van der Waals surface area (Å²) < 4.78 is 13.2. The highest BCUT2D eigenvalue weighted by Crippen LogP contribution is 2.39. The van der Waals surface area contributed by atoms with Gasteiger partial charge in [-0.05, 0) is 38.0 Å². The van der Waals surface area contributed by atoms with Crippen LogP contribution in [0.4, 0.5) is 4.39 Å². The van der Waals surface area contributed by atoms with Crippen LogP contribution in [-0.4, -0.2) is 17.0 Å². The van der Waals surface area contributed by atoms with Crippen LogP contribution in [-0.2, 0) is 15.1 Å². The second-order valence-electron chi connectivity index (χ2n) is 5.41. The van der Waals surface area contributed by atoms with Crippen LogP contribution in [0.5, 0.6) is 0 Å². The fourth-order valence-corrected chi connectivity index (χ4v) is 2.11. The van der Waals surface area contributed by atoms with Gasteiger partial charge in [-0.15, -0.1) is 0 Å². The standard InChI is InChI=1S/C14H16FNO3/c1-14(2,8-4-3-5-9(15)6-8)16-12(17)10-7-11(10)13(18)19/h3-6,10-11H,7H2,1-2H3,(H,16,17)(H,18,19). The Morgan fingerprint density at radius 1 is 1.37 bits per heavy atom. The number of rotatable bonds is 4. The predicted molar refractivity (Wildman–Crippen MR) is 66.8 cm³/mol. The summed E-state index contributed by atoms with van der Waals surface area (Å²) in [5, 5.41) is 11.6. The highest BCUT2D eigenvalue weighted by molar-refractivity contribution is 5.89. The van der Waals surface area contributed by atoms with Gasteiger partial charge in [0.05, 0.1) is 17.4 Å². The normalized spacial score (nSPS) is 21.8. The first-order valence-corrected chi connectivity index (χ1v) is 6.12. The van der Waals surface area contributed by atoms with Crippen LogP contribution >= 0.6 is 0 Å². The summed E-state index contributed by atoms with van der Waals surface area (Å²) in [4.78, 5) is 22.7. The lowest BCUT2D eigenvalue weighted by Crippen LogP contribution is -2.42. The van der Waals surface area contributed by atoms with Crippen molar-refractivity contribution in [1.29, 1.82) is 0 Å². The SMILES string of the molecule is CC(C)(NC(=O)C1CC1C(=O)O)c1cccc(F)c1. The van der Waals surface area contributed by atoms with E-state index in [9.17, 15) is 14.0 Å². The summed E-state index contributed by atoms with van der Waals surface area (Å²) in [6.45, 7) is 3.52. The van der Waals surface area contributed by atoms with E-state index in [-0.39, 0.29) is 11.7 Å². The number of amides is 1. The molecule has 1 aromatic carbocycles. The lowest BCUT2D eigenvalue weighted by molar-refractivity contribution is -0.140. The Kier molecular flexibility index (Phi) is 3.30. The zero-order valence-electron chi connectivity index (χ0n) is 10.8. The molecule has 0 saturated heterocycles. The molecule has 0 aliphatic heterocycles. The topological polar surface area (TPSA) is 66.4 Å². The molecule has 1 aromatic rings. The number of hydrogen-bond acceptors (Lipinski definition) is 2. The monoisotopic (exact) mass is 265 g/mol. The highest BCUT2D eigenvalue weighted by atomic mass is 19.1. The van der Waals surface area contributed by atoms with E-state index in [0.717, 1.165) is 0 Å². The Bertz CT molecular complexity index is 527. The van der Waals surface area contributed by atoms with E-state index in [0.29, 0.717) is 12.0 Å². The molecule has 2 rings (SSSR count). The molecule has 5 heteroatoms. The van der Waals surface area contributed by atoms with Crippen molar-refractivity contribution in [3.05, 3.63) is 35.6 Å². The Labute approximate surface area is 110 Å². The van der Waals surface area contributed by atoms with Crippen molar-refractivity contribution < 1.29 is 19.1 Å². The summed E-state index contributed by atoms with van der Waals surface area (Å²) in [6, 6.07) is 6.01. The van der Waals surface area contributed by atoms with Gasteiger partial charge in [-0.2, -0.15) is 0 Å². The maximum atomic E-state index is 13.2. The van der Waals surface area contributed by atoms with Crippen molar-refractivity contribution in [3.63, 3.8) is 0 Å². The Balaban J connectivity index is 2.06. The van der Waals surface area contributed by atoms with Gasteiger partial charge in [-0.25, -0.2) is 4.39 Å². The third-order valence-corrected chi connectivity index (χ3v) is 3.43. The molecule has 19 heavy (non-hydrogen) atoms. The van der Waals surface area contributed by atoms with Crippen molar-refractivity contribution >= 4 is 11.9 Å². The van der Waals surface area contributed by atoms with E-state index < -0.39 is 23.3 Å². The average molecular weight is 265 g/mol. The minimum absolute atomic E-state index is 0.290. The van der Waals surface area contributed by atoms with E-state index in [4.69, 9.17) is 5.11 Å². The molecule has 0 spiro atoms. The number of carbonyl (C=O) groups excluding carboxylic acids is 1. The van der Waals surface area contributed by atoms with Crippen LogP contribution in [0.15, 0.2) is 24.3 Å². The summed E-state index contributed by atoms with van der Waals surface area (Å²) >= 11 is 0. The lowest BCUT2D eigenvalue weighted by Gasteiger charge is -2.27. The van der Waals surface area contributed by atoms with Crippen molar-refractivity contribution in [2.24, 2.45) is 11.8 Å². The summed E-state index contributed by atoms with van der Waals surface area (Å²) in [7, 11) is 0. The maximum absolute atomic E-state index is 13.2. The molecule has 0 bridgehead atoms. The Morgan fingerprint density at radius 2 is 2.05 bits per heavy atom. The zero-order chi connectivity index (χ0) is 14.2. The Morgan fingerprint density at radius 3 is 2.58 bits per heavy atom. The van der Waals surface area contributed by atoms with Gasteiger partial charge < -0.3 is 10.4 Å². The molecule has 1 saturated carbocycles. The Hall–Kier alpha value is -1.91. The van der Waals surface area contributed by atoms with Crippen LogP contribution in [0.1, 0.15) is 25.8 Å². The average Bonchev–Trinajstić information content (AvgIpc) is 3.08. The molecule has 1 aliphatic carbocycles. The van der Waals surface area contributed by atoms with Gasteiger partial charge in [0, 0.05) is 0 Å². The van der Waals surface area contributed by atoms with Crippen molar-refractivity contribution in [1.82, 2.24) is 5.32 Å². The van der Waals surface area contributed by atoms with E-state index in [1.807, 2.05) is 0 Å². The molecule has 2 unspecified atom stereocenters. The molecular formula is C14H16FNO3. The third kappa shape index (κ3) is 2.92. The van der Waals surface area contributed by atoms with Crippen molar-refractivity contribution in [3.8, 4) is 0 Å². The van der Waals surface area contributed by atoms with E-state index in [2.05, 4.69) is 5.32 Å². The fourth-order valence-electron chi connectivity index (χ4n) is 2.11. The van der Waals surface area contributed by atoms with E-state index in [1.165, 1.54) is 12.1 Å². The number of hydrogen-bond donors (Lipinski definition) is 2. The first-order valence-electron chi connectivity index (χ1n) is 6.12. The molecule has 0 aromatic heterocycles. The van der Waals surface area contributed by atoms with Crippen LogP contribution in [0.25, 0.3) is 0 Å². The lowest BCUT2D eigenvalue weighted by atomic mass is 9.94. The second-order valence-corrected chi connectivity index (χ2v) is 5.41. The van der Waals surface area contributed by atoms with Crippen LogP contribution in [0.3, 0.4) is 0 Å². The number of carbonyl (C=O) groups is 2. The van der Waals surface area contributed by atoms with Gasteiger partial charge in [0.2, 0.25) is 5.91 Å². The van der Waals surface area contributed by atoms with Gasteiger partial charge in [0.15, 0.2) is 0 Å². The molecule has 2 N–H and O–H groups in total. The van der Waals surface area contributed by atoms with Crippen LogP contribution in [0, 0.1) is 17.7 Å². The number of nitrogens with one attached hydrogen (secondary N) is 1. The molecule has 1 fully saturated rings. The number of carboxylic acids is 1. The first-order chi connectivity index (χ1) is 8.81. The number of aliphatic carboxylic acids is 1. The number of carboxylic acid groups (broad SMARTS) is 1. The maximum Gasteiger partial charge on any atom is 0.307 e. The quantitative estimate of drug-likeness (QED) is 0.873. The minimum Gasteiger partial charge on any atom is -0.481 e. The van der Waals surface area contributed by atoms with E-state index in [1.54, 1.807) is 26.0 Å². The number of halogens is 1. The second kappa shape index (κ2) is 4.64. The summed E-state index contributed by atoms with van der Waals surface area (Å²) in [5.74, 6) is -2.64. The molecular weight excluding hydrogens is 249 g/mol.